The van der Waals surface area contributed by atoms with Gasteiger partial charge in [-0.1, -0.05) is 67.2 Å². The first-order chi connectivity index (χ1) is 8.90. The topological polar surface area (TPSA) is 9.23 Å². The minimum absolute atomic E-state index is 0.0936. The van der Waals surface area contributed by atoms with Crippen molar-refractivity contribution in [3.8, 4) is 0 Å². The highest BCUT2D eigenvalue weighted by molar-refractivity contribution is 5.21. The molecule has 18 heavy (non-hydrogen) atoms. The quantitative estimate of drug-likeness (QED) is 0.704. The molecule has 0 spiro atoms. The summed E-state index contributed by atoms with van der Waals surface area (Å²) in [6, 6.07) is 20.2. The van der Waals surface area contributed by atoms with Gasteiger partial charge < -0.3 is 4.74 Å². The van der Waals surface area contributed by atoms with E-state index < -0.39 is 0 Å². The molecule has 2 aromatic carbocycles. The third-order valence-corrected chi connectivity index (χ3v) is 2.67. The van der Waals surface area contributed by atoms with Crippen LogP contribution in [-0.4, -0.2) is 0 Å². The van der Waals surface area contributed by atoms with E-state index in [1.165, 1.54) is 0 Å². The molecular formula is C17H16O. The van der Waals surface area contributed by atoms with Gasteiger partial charge in [0.1, 0.15) is 6.10 Å². The molecule has 0 aromatic heterocycles. The molecule has 0 radical (unpaired) electrons. The predicted octanol–water partition coefficient (Wildman–Crippen LogP) is 4.29. The minimum Gasteiger partial charge on any atom is -0.364 e. The lowest BCUT2D eigenvalue weighted by Gasteiger charge is -2.14. The van der Waals surface area contributed by atoms with E-state index in [2.05, 4.69) is 24.4 Å². The van der Waals surface area contributed by atoms with Crippen LogP contribution in [0.25, 0.3) is 0 Å². The summed E-state index contributed by atoms with van der Waals surface area (Å²) < 4.78 is 5.90. The highest BCUT2D eigenvalue weighted by Crippen LogP contribution is 2.19. The van der Waals surface area contributed by atoms with Crippen molar-refractivity contribution in [1.29, 1.82) is 0 Å². The zero-order valence-corrected chi connectivity index (χ0v) is 10.3. The highest BCUT2D eigenvalue weighted by Gasteiger charge is 2.07. The molecule has 1 heteroatoms. The maximum atomic E-state index is 5.90. The van der Waals surface area contributed by atoms with Crippen LogP contribution in [0.4, 0.5) is 0 Å². The van der Waals surface area contributed by atoms with Crippen LogP contribution in [0.3, 0.4) is 0 Å². The van der Waals surface area contributed by atoms with Gasteiger partial charge in [0.2, 0.25) is 0 Å². The van der Waals surface area contributed by atoms with Crippen molar-refractivity contribution in [3.05, 3.63) is 90.2 Å². The van der Waals surface area contributed by atoms with E-state index in [1.807, 2.05) is 54.6 Å². The number of hydrogen-bond acceptors (Lipinski definition) is 1. The Morgan fingerprint density at radius 1 is 1.00 bits per heavy atom. The van der Waals surface area contributed by atoms with Crippen LogP contribution in [0.1, 0.15) is 17.2 Å². The molecule has 0 aliphatic heterocycles. The first kappa shape index (κ1) is 12.4. The van der Waals surface area contributed by atoms with Crippen LogP contribution in [0.2, 0.25) is 0 Å². The lowest BCUT2D eigenvalue weighted by atomic mass is 10.1. The summed E-state index contributed by atoms with van der Waals surface area (Å²) >= 11 is 0. The Bertz CT molecular complexity index is 510. The molecule has 1 unspecified atom stereocenters. The SMILES string of the molecule is C=C=CC(OCc1ccccc1)c1ccccc1. The second-order valence-electron chi connectivity index (χ2n) is 4.00. The number of rotatable bonds is 5. The number of hydrogen-bond donors (Lipinski definition) is 0. The van der Waals surface area contributed by atoms with E-state index in [9.17, 15) is 0 Å². The van der Waals surface area contributed by atoms with E-state index in [0.717, 1.165) is 11.1 Å². The van der Waals surface area contributed by atoms with Crippen molar-refractivity contribution in [2.75, 3.05) is 0 Å². The van der Waals surface area contributed by atoms with Gasteiger partial charge in [-0.25, -0.2) is 0 Å². The fourth-order valence-corrected chi connectivity index (χ4v) is 1.75. The zero-order chi connectivity index (χ0) is 12.6. The summed E-state index contributed by atoms with van der Waals surface area (Å²) in [6.07, 6.45) is 1.75. The fourth-order valence-electron chi connectivity index (χ4n) is 1.75. The monoisotopic (exact) mass is 236 g/mol. The average molecular weight is 236 g/mol. The summed E-state index contributed by atoms with van der Waals surface area (Å²) in [6.45, 7) is 4.20. The molecule has 90 valence electrons. The van der Waals surface area contributed by atoms with Gasteiger partial charge in [0, 0.05) is 0 Å². The van der Waals surface area contributed by atoms with Crippen LogP contribution < -0.4 is 0 Å². The highest BCUT2D eigenvalue weighted by atomic mass is 16.5. The predicted molar refractivity (Wildman–Crippen MR) is 74.1 cm³/mol. The van der Waals surface area contributed by atoms with Crippen molar-refractivity contribution >= 4 is 0 Å². The summed E-state index contributed by atoms with van der Waals surface area (Å²) in [5.41, 5.74) is 5.08. The molecule has 0 heterocycles. The van der Waals surface area contributed by atoms with Gasteiger partial charge in [-0.15, -0.1) is 5.73 Å². The van der Waals surface area contributed by atoms with Gasteiger partial charge in [-0.3, -0.25) is 0 Å². The Labute approximate surface area is 108 Å². The molecule has 0 saturated carbocycles. The molecule has 0 bridgehead atoms. The van der Waals surface area contributed by atoms with Crippen molar-refractivity contribution in [1.82, 2.24) is 0 Å². The van der Waals surface area contributed by atoms with Gasteiger partial charge in [0.15, 0.2) is 0 Å². The Morgan fingerprint density at radius 2 is 1.61 bits per heavy atom. The van der Waals surface area contributed by atoms with Crippen LogP contribution in [0, 0.1) is 0 Å². The maximum absolute atomic E-state index is 5.90. The van der Waals surface area contributed by atoms with Gasteiger partial charge in [-0.2, -0.15) is 0 Å². The number of benzene rings is 2. The van der Waals surface area contributed by atoms with Crippen LogP contribution >= 0.6 is 0 Å². The van der Waals surface area contributed by atoms with Gasteiger partial charge >= 0.3 is 0 Å². The van der Waals surface area contributed by atoms with E-state index in [1.54, 1.807) is 0 Å². The molecule has 1 nitrogen and oxygen atoms in total. The first-order valence-corrected chi connectivity index (χ1v) is 5.96. The summed E-state index contributed by atoms with van der Waals surface area (Å²) in [7, 11) is 0. The second kappa shape index (κ2) is 6.61. The average Bonchev–Trinajstić information content (AvgIpc) is 2.45. The van der Waals surface area contributed by atoms with Crippen molar-refractivity contribution in [2.24, 2.45) is 0 Å². The maximum Gasteiger partial charge on any atom is 0.108 e. The van der Waals surface area contributed by atoms with E-state index in [0.29, 0.717) is 6.61 Å². The van der Waals surface area contributed by atoms with Crippen LogP contribution in [-0.2, 0) is 11.3 Å². The molecule has 2 aromatic rings. The summed E-state index contributed by atoms with van der Waals surface area (Å²) in [4.78, 5) is 0. The molecule has 1 atom stereocenters. The molecule has 0 fully saturated rings. The smallest absolute Gasteiger partial charge is 0.108 e. The Kier molecular flexibility index (Phi) is 4.54. The molecule has 2 rings (SSSR count). The minimum atomic E-state index is -0.0936. The Morgan fingerprint density at radius 3 is 2.22 bits per heavy atom. The van der Waals surface area contributed by atoms with Crippen molar-refractivity contribution in [2.45, 2.75) is 12.7 Å². The van der Waals surface area contributed by atoms with Gasteiger partial charge in [-0.05, 0) is 17.2 Å². The molecule has 0 aliphatic carbocycles. The standard InChI is InChI=1S/C17H16O/c1-2-9-17(16-12-7-4-8-13-16)18-14-15-10-5-3-6-11-15/h3-13,17H,1,14H2. The fraction of sp³-hybridized carbons (Fsp3) is 0.118. The molecule has 0 amide bonds. The molecule has 0 saturated heterocycles. The van der Waals surface area contributed by atoms with Gasteiger partial charge in [0.05, 0.1) is 6.61 Å². The first-order valence-electron chi connectivity index (χ1n) is 5.96. The van der Waals surface area contributed by atoms with Crippen LogP contribution in [0.5, 0.6) is 0 Å². The van der Waals surface area contributed by atoms with Crippen LogP contribution in [0.15, 0.2) is 79.0 Å². The summed E-state index contributed by atoms with van der Waals surface area (Å²) in [5, 5.41) is 0. The normalized spacial score (nSPS) is 11.6. The molecule has 0 N–H and O–H groups in total. The largest absolute Gasteiger partial charge is 0.364 e. The van der Waals surface area contributed by atoms with E-state index >= 15 is 0 Å². The summed E-state index contributed by atoms with van der Waals surface area (Å²) in [5.74, 6) is 0. The second-order valence-corrected chi connectivity index (χ2v) is 4.00. The Balaban J connectivity index is 2.06. The number of ether oxygens (including phenoxy) is 1. The Hall–Kier alpha value is -2.08. The third-order valence-electron chi connectivity index (χ3n) is 2.67. The lowest BCUT2D eigenvalue weighted by Crippen LogP contribution is -2.01. The van der Waals surface area contributed by atoms with Crippen molar-refractivity contribution in [3.63, 3.8) is 0 Å². The van der Waals surface area contributed by atoms with E-state index in [4.69, 9.17) is 4.74 Å². The molecule has 0 aliphatic rings. The van der Waals surface area contributed by atoms with E-state index in [-0.39, 0.29) is 6.10 Å². The van der Waals surface area contributed by atoms with Gasteiger partial charge in [0.25, 0.3) is 0 Å². The van der Waals surface area contributed by atoms with Crippen molar-refractivity contribution < 1.29 is 4.74 Å². The lowest BCUT2D eigenvalue weighted by molar-refractivity contribution is 0.0719. The molecular weight excluding hydrogens is 220 g/mol. The zero-order valence-electron chi connectivity index (χ0n) is 10.3. The third kappa shape index (κ3) is 3.46.